The highest BCUT2D eigenvalue weighted by molar-refractivity contribution is 5.99. The van der Waals surface area contributed by atoms with E-state index in [-0.39, 0.29) is 18.1 Å². The first-order valence-electron chi connectivity index (χ1n) is 5.84. The number of carbonyl (C=O) groups is 2. The summed E-state index contributed by atoms with van der Waals surface area (Å²) in [5, 5.41) is 9.28. The molecule has 1 aromatic rings. The molecule has 0 radical (unpaired) electrons. The van der Waals surface area contributed by atoms with E-state index in [0.29, 0.717) is 12.2 Å². The number of benzene rings is 1. The molecule has 0 aliphatic carbocycles. The molecule has 94 valence electrons. The van der Waals surface area contributed by atoms with Crippen LogP contribution < -0.4 is 4.74 Å². The monoisotopic (exact) mass is 247 g/mol. The molecule has 3 atom stereocenters. The molecular formula is C13H13NO4. The molecule has 2 aliphatic heterocycles. The summed E-state index contributed by atoms with van der Waals surface area (Å²) in [5.74, 6) is -2.05. The molecule has 1 N–H and O–H groups in total. The van der Waals surface area contributed by atoms with Crippen LogP contribution in [0, 0.1) is 5.92 Å². The highest BCUT2D eigenvalue weighted by Gasteiger charge is 2.49. The number of amides is 1. The Balaban J connectivity index is 2.12. The van der Waals surface area contributed by atoms with Crippen molar-refractivity contribution in [3.63, 3.8) is 0 Å². The van der Waals surface area contributed by atoms with Crippen LogP contribution in [-0.4, -0.2) is 35.2 Å². The number of para-hydroxylation sites is 1. The number of carboxylic acid groups (broad SMARTS) is 1. The number of carbonyl (C=O) groups excluding carboxylic acids is 1. The van der Waals surface area contributed by atoms with Gasteiger partial charge in [0.1, 0.15) is 11.7 Å². The zero-order valence-corrected chi connectivity index (χ0v) is 9.87. The van der Waals surface area contributed by atoms with E-state index >= 15 is 0 Å². The van der Waals surface area contributed by atoms with Gasteiger partial charge in [0.2, 0.25) is 5.91 Å². The summed E-state index contributed by atoms with van der Waals surface area (Å²) in [6.07, 6.45) is 0.184. The highest BCUT2D eigenvalue weighted by Crippen LogP contribution is 2.45. The summed E-state index contributed by atoms with van der Waals surface area (Å²) in [5.41, 5.74) is 0.822. The standard InChI is InChI=1S/C13H13NO4/c1-14-10-6-8(11(12(14)15)13(16)17)7-4-2-3-5-9(7)18-10/h2-5,8,10-11H,6H2,1H3,(H,16,17)/t8-,10-,11-/m0/s1. The minimum Gasteiger partial charge on any atom is -0.481 e. The van der Waals surface area contributed by atoms with Crippen molar-refractivity contribution in [3.05, 3.63) is 29.8 Å². The third-order valence-corrected chi connectivity index (χ3v) is 3.75. The number of fused-ring (bicyclic) bond motifs is 4. The lowest BCUT2D eigenvalue weighted by molar-refractivity contribution is -0.163. The molecule has 1 amide bonds. The van der Waals surface area contributed by atoms with Crippen molar-refractivity contribution in [2.45, 2.75) is 18.6 Å². The number of hydrogen-bond acceptors (Lipinski definition) is 3. The van der Waals surface area contributed by atoms with Crippen molar-refractivity contribution >= 4 is 11.9 Å². The Hall–Kier alpha value is -2.04. The third-order valence-electron chi connectivity index (χ3n) is 3.75. The SMILES string of the molecule is CN1C(=O)[C@@H](C(=O)O)[C@H]2C[C@@H]1Oc1ccccc12. The summed E-state index contributed by atoms with van der Waals surface area (Å²) >= 11 is 0. The lowest BCUT2D eigenvalue weighted by Gasteiger charge is -2.44. The maximum absolute atomic E-state index is 12.1. The maximum Gasteiger partial charge on any atom is 0.316 e. The van der Waals surface area contributed by atoms with Crippen LogP contribution in [0.2, 0.25) is 0 Å². The summed E-state index contributed by atoms with van der Waals surface area (Å²) in [6, 6.07) is 7.34. The fourth-order valence-corrected chi connectivity index (χ4v) is 2.80. The quantitative estimate of drug-likeness (QED) is 0.753. The topological polar surface area (TPSA) is 66.8 Å². The Kier molecular flexibility index (Phi) is 2.29. The summed E-state index contributed by atoms with van der Waals surface area (Å²) < 4.78 is 5.73. The third kappa shape index (κ3) is 1.40. The van der Waals surface area contributed by atoms with Crippen LogP contribution in [0.15, 0.2) is 24.3 Å². The molecular weight excluding hydrogens is 234 g/mol. The molecule has 18 heavy (non-hydrogen) atoms. The average molecular weight is 247 g/mol. The summed E-state index contributed by atoms with van der Waals surface area (Å²) in [4.78, 5) is 24.8. The minimum absolute atomic E-state index is 0.291. The van der Waals surface area contributed by atoms with Crippen molar-refractivity contribution < 1.29 is 19.4 Å². The summed E-state index contributed by atoms with van der Waals surface area (Å²) in [6.45, 7) is 0. The van der Waals surface area contributed by atoms with Crippen molar-refractivity contribution in [1.29, 1.82) is 0 Å². The molecule has 5 heteroatoms. The second-order valence-electron chi connectivity index (χ2n) is 4.72. The van der Waals surface area contributed by atoms with E-state index in [1.807, 2.05) is 24.3 Å². The summed E-state index contributed by atoms with van der Waals surface area (Å²) in [7, 11) is 1.59. The normalized spacial score (nSPS) is 29.5. The van der Waals surface area contributed by atoms with Crippen molar-refractivity contribution in [2.24, 2.45) is 5.92 Å². The Labute approximate surface area is 104 Å². The van der Waals surface area contributed by atoms with E-state index in [4.69, 9.17) is 4.74 Å². The largest absolute Gasteiger partial charge is 0.481 e. The number of rotatable bonds is 1. The van der Waals surface area contributed by atoms with Gasteiger partial charge >= 0.3 is 5.97 Å². The Morgan fingerprint density at radius 1 is 1.44 bits per heavy atom. The van der Waals surface area contributed by atoms with Crippen molar-refractivity contribution in [1.82, 2.24) is 4.90 Å². The molecule has 3 rings (SSSR count). The lowest BCUT2D eigenvalue weighted by Crippen LogP contribution is -2.55. The zero-order valence-electron chi connectivity index (χ0n) is 9.87. The van der Waals surface area contributed by atoms with E-state index in [2.05, 4.69) is 0 Å². The smallest absolute Gasteiger partial charge is 0.316 e. The fraction of sp³-hybridized carbons (Fsp3) is 0.385. The second-order valence-corrected chi connectivity index (χ2v) is 4.72. The zero-order chi connectivity index (χ0) is 12.9. The molecule has 2 heterocycles. The van der Waals surface area contributed by atoms with Gasteiger partial charge in [-0.05, 0) is 11.6 Å². The van der Waals surface area contributed by atoms with Gasteiger partial charge < -0.3 is 14.7 Å². The van der Waals surface area contributed by atoms with Gasteiger partial charge in [0.15, 0.2) is 6.23 Å². The number of hydrogen-bond donors (Lipinski definition) is 1. The molecule has 2 bridgehead atoms. The first-order valence-corrected chi connectivity index (χ1v) is 5.84. The van der Waals surface area contributed by atoms with E-state index in [9.17, 15) is 14.7 Å². The number of aliphatic carboxylic acids is 1. The number of nitrogens with zero attached hydrogens (tertiary/aromatic N) is 1. The van der Waals surface area contributed by atoms with Crippen LogP contribution in [0.1, 0.15) is 17.9 Å². The Morgan fingerprint density at radius 2 is 2.17 bits per heavy atom. The molecule has 1 aromatic carbocycles. The van der Waals surface area contributed by atoms with Crippen LogP contribution >= 0.6 is 0 Å². The van der Waals surface area contributed by atoms with Gasteiger partial charge in [0.05, 0.1) is 0 Å². The van der Waals surface area contributed by atoms with Gasteiger partial charge in [-0.25, -0.2) is 0 Å². The average Bonchev–Trinajstić information content (AvgIpc) is 2.36. The molecule has 1 fully saturated rings. The van der Waals surface area contributed by atoms with Gasteiger partial charge in [-0.15, -0.1) is 0 Å². The minimum atomic E-state index is -1.06. The van der Waals surface area contributed by atoms with Crippen LogP contribution in [0.4, 0.5) is 0 Å². The van der Waals surface area contributed by atoms with Crippen molar-refractivity contribution in [3.8, 4) is 5.75 Å². The number of piperidine rings is 1. The number of ether oxygens (including phenoxy) is 1. The number of carboxylic acids is 1. The molecule has 5 nitrogen and oxygen atoms in total. The predicted octanol–water partition coefficient (Wildman–Crippen LogP) is 1.05. The molecule has 2 aliphatic rings. The molecule has 1 saturated heterocycles. The second kappa shape index (κ2) is 3.73. The molecule has 0 aromatic heterocycles. The molecule has 0 saturated carbocycles. The van der Waals surface area contributed by atoms with Crippen molar-refractivity contribution in [2.75, 3.05) is 7.05 Å². The van der Waals surface area contributed by atoms with Gasteiger partial charge in [0.25, 0.3) is 0 Å². The maximum atomic E-state index is 12.1. The van der Waals surface area contributed by atoms with Gasteiger partial charge in [-0.3, -0.25) is 9.59 Å². The van der Waals surface area contributed by atoms with Gasteiger partial charge in [0, 0.05) is 19.4 Å². The van der Waals surface area contributed by atoms with Crippen LogP contribution in [-0.2, 0) is 9.59 Å². The lowest BCUT2D eigenvalue weighted by atomic mass is 9.77. The molecule has 0 unspecified atom stereocenters. The van der Waals surface area contributed by atoms with Gasteiger partial charge in [-0.2, -0.15) is 0 Å². The number of likely N-dealkylation sites (tertiary alicyclic amines) is 1. The van der Waals surface area contributed by atoms with Crippen LogP contribution in [0.3, 0.4) is 0 Å². The van der Waals surface area contributed by atoms with E-state index < -0.39 is 11.9 Å². The van der Waals surface area contributed by atoms with E-state index in [1.165, 1.54) is 4.90 Å². The highest BCUT2D eigenvalue weighted by atomic mass is 16.5. The van der Waals surface area contributed by atoms with Gasteiger partial charge in [-0.1, -0.05) is 18.2 Å². The van der Waals surface area contributed by atoms with Crippen LogP contribution in [0.25, 0.3) is 0 Å². The van der Waals surface area contributed by atoms with Crippen LogP contribution in [0.5, 0.6) is 5.75 Å². The van der Waals surface area contributed by atoms with E-state index in [0.717, 1.165) is 5.56 Å². The van der Waals surface area contributed by atoms with E-state index in [1.54, 1.807) is 7.05 Å². The fourth-order valence-electron chi connectivity index (χ4n) is 2.80. The molecule has 0 spiro atoms. The first kappa shape index (κ1) is 11.1. The predicted molar refractivity (Wildman–Crippen MR) is 62.1 cm³/mol. The Bertz CT molecular complexity index is 527. The first-order chi connectivity index (χ1) is 8.59. The Morgan fingerprint density at radius 3 is 2.89 bits per heavy atom.